The highest BCUT2D eigenvalue weighted by Crippen LogP contribution is 2.28. The van der Waals surface area contributed by atoms with E-state index in [-0.39, 0.29) is 12.3 Å². The highest BCUT2D eigenvalue weighted by molar-refractivity contribution is 5.97. The fraction of sp³-hybridized carbons (Fsp3) is 0.333. The van der Waals surface area contributed by atoms with Crippen LogP contribution in [-0.2, 0) is 11.2 Å². The number of carbonyl (C=O) groups is 2. The minimum Gasteiger partial charge on any atom is -0.481 e. The zero-order valence-electron chi connectivity index (χ0n) is 21.7. The van der Waals surface area contributed by atoms with Crippen LogP contribution in [0.2, 0.25) is 0 Å². The zero-order chi connectivity index (χ0) is 26.9. The predicted molar refractivity (Wildman–Crippen MR) is 148 cm³/mol. The van der Waals surface area contributed by atoms with Gasteiger partial charge in [-0.3, -0.25) is 19.6 Å². The van der Waals surface area contributed by atoms with E-state index in [0.29, 0.717) is 60.6 Å². The van der Waals surface area contributed by atoms with Crippen molar-refractivity contribution in [2.45, 2.75) is 51.4 Å². The quantitative estimate of drug-likeness (QED) is 0.287. The van der Waals surface area contributed by atoms with Gasteiger partial charge in [0.25, 0.3) is 5.91 Å². The highest BCUT2D eigenvalue weighted by Gasteiger charge is 2.25. The minimum absolute atomic E-state index is 0.0166. The van der Waals surface area contributed by atoms with Crippen LogP contribution in [0.3, 0.4) is 0 Å². The molecule has 0 aliphatic carbocycles. The number of amides is 1. The molecule has 3 aromatic rings. The maximum absolute atomic E-state index is 13.3. The van der Waals surface area contributed by atoms with E-state index in [1.165, 1.54) is 0 Å². The fourth-order valence-corrected chi connectivity index (χ4v) is 4.67. The van der Waals surface area contributed by atoms with Gasteiger partial charge in [-0.25, -0.2) is 9.97 Å². The van der Waals surface area contributed by atoms with Crippen LogP contribution >= 0.6 is 0 Å². The number of unbranched alkanes of at least 4 members (excludes halogenated alkanes) is 1. The van der Waals surface area contributed by atoms with Gasteiger partial charge in [-0.1, -0.05) is 30.9 Å². The number of hydrogen-bond donors (Lipinski definition) is 1. The van der Waals surface area contributed by atoms with Crippen molar-refractivity contribution < 1.29 is 14.7 Å². The molecule has 1 fully saturated rings. The topological polar surface area (TPSA) is 109 Å². The largest absolute Gasteiger partial charge is 0.481 e. The number of carbonyl (C=O) groups excluding carboxylic acids is 1. The molecule has 3 heterocycles. The second kappa shape index (κ2) is 12.9. The van der Waals surface area contributed by atoms with Crippen molar-refractivity contribution in [2.24, 2.45) is 0 Å². The number of carboxylic acid groups (broad SMARTS) is 1. The summed E-state index contributed by atoms with van der Waals surface area (Å²) in [6.07, 6.45) is 16.5. The molecule has 0 spiro atoms. The Morgan fingerprint density at radius 2 is 1.92 bits per heavy atom. The first kappa shape index (κ1) is 26.9. The van der Waals surface area contributed by atoms with Gasteiger partial charge < -0.3 is 10.0 Å². The summed E-state index contributed by atoms with van der Waals surface area (Å²) in [7, 11) is 0. The lowest BCUT2D eigenvalue weighted by atomic mass is 9.93. The van der Waals surface area contributed by atoms with Gasteiger partial charge in [0, 0.05) is 49.6 Å². The van der Waals surface area contributed by atoms with Gasteiger partial charge in [-0.2, -0.15) is 0 Å². The number of aliphatic carboxylic acids is 1. The third-order valence-corrected chi connectivity index (χ3v) is 6.73. The molecule has 1 amide bonds. The molecule has 0 bridgehead atoms. The molecule has 2 aromatic heterocycles. The zero-order valence-corrected chi connectivity index (χ0v) is 21.7. The number of nitrogens with zero attached hydrogens (tertiary/aromatic N) is 5. The lowest BCUT2D eigenvalue weighted by Crippen LogP contribution is -2.38. The van der Waals surface area contributed by atoms with Gasteiger partial charge in [0.15, 0.2) is 0 Å². The number of rotatable bonds is 10. The summed E-state index contributed by atoms with van der Waals surface area (Å²) in [5, 5.41) is 8.98. The monoisotopic (exact) mass is 511 g/mol. The average Bonchev–Trinajstić information content (AvgIpc) is 2.94. The second-order valence-electron chi connectivity index (χ2n) is 9.43. The van der Waals surface area contributed by atoms with Crippen LogP contribution in [0.1, 0.15) is 72.4 Å². The van der Waals surface area contributed by atoms with Crippen molar-refractivity contribution in [3.63, 3.8) is 0 Å². The number of hydrogen-bond acceptors (Lipinski definition) is 6. The van der Waals surface area contributed by atoms with E-state index in [1.807, 2.05) is 60.5 Å². The molecule has 8 heteroatoms. The van der Waals surface area contributed by atoms with E-state index in [1.54, 1.807) is 12.4 Å². The molecule has 0 saturated carbocycles. The van der Waals surface area contributed by atoms with Crippen molar-refractivity contribution in [1.82, 2.24) is 24.8 Å². The van der Waals surface area contributed by atoms with E-state index in [0.717, 1.165) is 29.8 Å². The Labute approximate surface area is 222 Å². The molecule has 196 valence electrons. The highest BCUT2D eigenvalue weighted by atomic mass is 16.4. The number of carboxylic acids is 1. The molecule has 8 nitrogen and oxygen atoms in total. The molecular formula is C30H33N5O3. The van der Waals surface area contributed by atoms with Gasteiger partial charge >= 0.3 is 5.97 Å². The van der Waals surface area contributed by atoms with Crippen LogP contribution in [0.5, 0.6) is 0 Å². The number of fused-ring (bicyclic) bond motifs is 1. The number of allylic oxidation sites excluding steroid dienone is 5. The molecule has 0 atom stereocenters. The second-order valence-corrected chi connectivity index (χ2v) is 9.43. The maximum Gasteiger partial charge on any atom is 0.303 e. The molecule has 1 aliphatic heterocycles. The summed E-state index contributed by atoms with van der Waals surface area (Å²) in [6.45, 7) is 7.43. The number of benzene rings is 1. The minimum atomic E-state index is -0.808. The van der Waals surface area contributed by atoms with Gasteiger partial charge in [0.2, 0.25) is 0 Å². The van der Waals surface area contributed by atoms with Crippen LogP contribution in [0.25, 0.3) is 16.6 Å². The van der Waals surface area contributed by atoms with Gasteiger partial charge in [-0.15, -0.1) is 0 Å². The van der Waals surface area contributed by atoms with Crippen molar-refractivity contribution >= 4 is 28.5 Å². The average molecular weight is 512 g/mol. The predicted octanol–water partition coefficient (Wildman–Crippen LogP) is 5.38. The van der Waals surface area contributed by atoms with Crippen LogP contribution in [0.4, 0.5) is 0 Å². The molecule has 4 rings (SSSR count). The van der Waals surface area contributed by atoms with Crippen LogP contribution in [0.15, 0.2) is 67.7 Å². The molecular weight excluding hydrogens is 478 g/mol. The molecule has 0 radical (unpaired) electrons. The van der Waals surface area contributed by atoms with Gasteiger partial charge in [-0.05, 0) is 62.8 Å². The summed E-state index contributed by atoms with van der Waals surface area (Å²) in [4.78, 5) is 44.4. The summed E-state index contributed by atoms with van der Waals surface area (Å²) in [5.41, 5.74) is 5.08. The first-order chi connectivity index (χ1) is 18.5. The summed E-state index contributed by atoms with van der Waals surface area (Å²) >= 11 is 0. The Kier molecular flexibility index (Phi) is 9.08. The number of aryl methyl sites for hydroxylation is 1. The Balaban J connectivity index is 1.54. The Morgan fingerprint density at radius 3 is 2.63 bits per heavy atom. The van der Waals surface area contributed by atoms with E-state index < -0.39 is 5.97 Å². The number of likely N-dealkylation sites (tertiary alicyclic amines) is 1. The van der Waals surface area contributed by atoms with Gasteiger partial charge in [0.1, 0.15) is 0 Å². The van der Waals surface area contributed by atoms with Gasteiger partial charge in [0.05, 0.1) is 28.1 Å². The summed E-state index contributed by atoms with van der Waals surface area (Å²) in [6, 6.07) is 5.45. The lowest BCUT2D eigenvalue weighted by Gasteiger charge is -2.31. The van der Waals surface area contributed by atoms with Crippen LogP contribution < -0.4 is 0 Å². The molecule has 1 saturated heterocycles. The van der Waals surface area contributed by atoms with E-state index >= 15 is 0 Å². The van der Waals surface area contributed by atoms with Crippen molar-refractivity contribution in [3.8, 4) is 0 Å². The first-order valence-electron chi connectivity index (χ1n) is 13.0. The molecule has 1 aliphatic rings. The fourth-order valence-electron chi connectivity index (χ4n) is 4.67. The van der Waals surface area contributed by atoms with Crippen LogP contribution in [-0.4, -0.2) is 54.9 Å². The molecule has 38 heavy (non-hydrogen) atoms. The number of piperidine rings is 1. The third kappa shape index (κ3) is 6.76. The molecule has 1 aromatic carbocycles. The third-order valence-electron chi connectivity index (χ3n) is 6.73. The van der Waals surface area contributed by atoms with E-state index in [2.05, 4.69) is 16.5 Å². The number of aromatic nitrogens is 4. The SMILES string of the molecule is C=C(/C=C\C=C/C)c1nc2ccc(C(=O)N3CCC(c4cnccn4)CC3)cc2nc1CCCCC(=O)O. The Hall–Kier alpha value is -4.20. The lowest BCUT2D eigenvalue weighted by molar-refractivity contribution is -0.137. The maximum atomic E-state index is 13.3. The van der Waals surface area contributed by atoms with Crippen molar-refractivity contribution in [1.29, 1.82) is 0 Å². The van der Waals surface area contributed by atoms with E-state index in [9.17, 15) is 9.59 Å². The van der Waals surface area contributed by atoms with Crippen molar-refractivity contribution in [2.75, 3.05) is 13.1 Å². The van der Waals surface area contributed by atoms with Crippen molar-refractivity contribution in [3.05, 3.63) is 90.3 Å². The standard InChI is InChI=1S/C30H33N5O3/c1-3-4-5-8-21(2)29-25(9-6-7-10-28(36)37)33-26-19-23(11-12-24(26)34-29)30(38)35-17-13-22(14-18-35)27-20-31-15-16-32-27/h3-5,8,11-12,15-16,19-20,22H,2,6-7,9-10,13-14,17-18H2,1H3,(H,36,37)/b4-3-,8-5-. The van der Waals surface area contributed by atoms with E-state index in [4.69, 9.17) is 15.1 Å². The Bertz CT molecular complexity index is 1360. The van der Waals surface area contributed by atoms with Crippen LogP contribution in [0, 0.1) is 0 Å². The summed E-state index contributed by atoms with van der Waals surface area (Å²) < 4.78 is 0. The summed E-state index contributed by atoms with van der Waals surface area (Å²) in [5.74, 6) is -0.512. The first-order valence-corrected chi connectivity index (χ1v) is 13.0. The molecule has 0 unspecified atom stereocenters. The smallest absolute Gasteiger partial charge is 0.303 e. The molecule has 1 N–H and O–H groups in total. The normalized spacial score (nSPS) is 14.5. The Morgan fingerprint density at radius 1 is 1.11 bits per heavy atom.